The van der Waals surface area contributed by atoms with E-state index < -0.39 is 34.6 Å². The van der Waals surface area contributed by atoms with Gasteiger partial charge in [-0.15, -0.1) is 0 Å². The first-order valence-corrected chi connectivity index (χ1v) is 9.29. The van der Waals surface area contributed by atoms with Crippen LogP contribution in [0.15, 0.2) is 23.1 Å². The van der Waals surface area contributed by atoms with Crippen LogP contribution in [0, 0.1) is 0 Å². The van der Waals surface area contributed by atoms with E-state index >= 15 is 0 Å². The normalized spacial score (nSPS) is 15.0. The van der Waals surface area contributed by atoms with Gasteiger partial charge in [0.25, 0.3) is 0 Å². The van der Waals surface area contributed by atoms with Crippen molar-refractivity contribution in [3.05, 3.63) is 18.2 Å². The maximum absolute atomic E-state index is 12.4. The molecule has 3 N–H and O–H groups in total. The minimum Gasteiger partial charge on any atom is -0.490 e. The topological polar surface area (TPSA) is 131 Å². The molecular formula is C15H19FN2O7S. The Labute approximate surface area is 149 Å². The quantitative estimate of drug-likeness (QED) is 0.572. The maximum atomic E-state index is 12.4. The molecule has 0 spiro atoms. The summed E-state index contributed by atoms with van der Waals surface area (Å²) in [6.07, 6.45) is 0.341. The Morgan fingerprint density at radius 1 is 1.23 bits per heavy atom. The van der Waals surface area contributed by atoms with Gasteiger partial charge in [-0.25, -0.2) is 22.3 Å². The largest absolute Gasteiger partial charge is 0.490 e. The van der Waals surface area contributed by atoms with Crippen LogP contribution in [0.4, 0.5) is 4.39 Å². The van der Waals surface area contributed by atoms with E-state index in [0.29, 0.717) is 31.1 Å². The van der Waals surface area contributed by atoms with Gasteiger partial charge in [0.1, 0.15) is 6.67 Å². The van der Waals surface area contributed by atoms with Crippen molar-refractivity contribution in [2.45, 2.75) is 23.8 Å². The van der Waals surface area contributed by atoms with E-state index in [9.17, 15) is 22.4 Å². The van der Waals surface area contributed by atoms with Crippen molar-refractivity contribution in [1.29, 1.82) is 0 Å². The van der Waals surface area contributed by atoms with Crippen molar-refractivity contribution in [3.63, 3.8) is 0 Å². The number of amides is 1. The van der Waals surface area contributed by atoms with Crippen LogP contribution in [0.25, 0.3) is 0 Å². The minimum absolute atomic E-state index is 0.0608. The molecule has 144 valence electrons. The molecule has 0 saturated carbocycles. The Morgan fingerprint density at radius 2 is 1.92 bits per heavy atom. The van der Waals surface area contributed by atoms with Gasteiger partial charge in [0, 0.05) is 25.5 Å². The van der Waals surface area contributed by atoms with E-state index in [4.69, 9.17) is 14.6 Å². The molecule has 1 unspecified atom stereocenters. The summed E-state index contributed by atoms with van der Waals surface area (Å²) < 4.78 is 50.1. The molecule has 26 heavy (non-hydrogen) atoms. The van der Waals surface area contributed by atoms with Gasteiger partial charge in [0.15, 0.2) is 17.5 Å². The molecule has 1 aliphatic heterocycles. The molecule has 1 amide bonds. The third-order valence-electron chi connectivity index (χ3n) is 3.46. The van der Waals surface area contributed by atoms with Crippen LogP contribution in [0.1, 0.15) is 12.8 Å². The number of ether oxygens (including phenoxy) is 2. The van der Waals surface area contributed by atoms with Gasteiger partial charge in [0.05, 0.1) is 18.1 Å². The van der Waals surface area contributed by atoms with Crippen LogP contribution in [0.3, 0.4) is 0 Å². The third-order valence-corrected chi connectivity index (χ3v) is 4.92. The Bertz CT molecular complexity index is 769. The first kappa shape index (κ1) is 19.9. The van der Waals surface area contributed by atoms with E-state index in [1.54, 1.807) is 0 Å². The number of sulfonamides is 1. The summed E-state index contributed by atoms with van der Waals surface area (Å²) in [6.45, 7) is -0.655. The number of fused-ring (bicyclic) bond motifs is 1. The van der Waals surface area contributed by atoms with E-state index in [0.717, 1.165) is 0 Å². The molecule has 1 heterocycles. The van der Waals surface area contributed by atoms with Crippen LogP contribution >= 0.6 is 0 Å². The number of nitrogens with one attached hydrogen (secondary N) is 2. The SMILES string of the molecule is O=C(CCNS(=O)(=O)c1ccc2c(c1)OCCCO2)NC(CF)C(=O)O. The number of carboxylic acids is 1. The van der Waals surface area contributed by atoms with Crippen LogP contribution in [-0.2, 0) is 19.6 Å². The summed E-state index contributed by atoms with van der Waals surface area (Å²) in [4.78, 5) is 22.1. The lowest BCUT2D eigenvalue weighted by molar-refractivity contribution is -0.142. The molecular weight excluding hydrogens is 371 g/mol. The first-order chi connectivity index (χ1) is 12.3. The van der Waals surface area contributed by atoms with Gasteiger partial charge in [-0.2, -0.15) is 0 Å². The number of halogens is 1. The molecule has 0 saturated heterocycles. The fourth-order valence-electron chi connectivity index (χ4n) is 2.13. The molecule has 11 heteroatoms. The number of carbonyl (C=O) groups excluding carboxylic acids is 1. The second-order valence-electron chi connectivity index (χ2n) is 5.42. The fraction of sp³-hybridized carbons (Fsp3) is 0.467. The van der Waals surface area contributed by atoms with E-state index in [1.165, 1.54) is 18.2 Å². The molecule has 0 aromatic heterocycles. The van der Waals surface area contributed by atoms with Crippen LogP contribution < -0.4 is 19.5 Å². The lowest BCUT2D eigenvalue weighted by atomic mass is 10.3. The Morgan fingerprint density at radius 3 is 2.58 bits per heavy atom. The number of benzene rings is 1. The first-order valence-electron chi connectivity index (χ1n) is 7.81. The zero-order chi connectivity index (χ0) is 19.2. The van der Waals surface area contributed by atoms with Gasteiger partial charge in [-0.05, 0) is 12.1 Å². The van der Waals surface area contributed by atoms with Crippen LogP contribution in [-0.4, -0.2) is 57.9 Å². The second kappa shape index (κ2) is 8.81. The molecule has 0 radical (unpaired) electrons. The highest BCUT2D eigenvalue weighted by molar-refractivity contribution is 7.89. The highest BCUT2D eigenvalue weighted by Crippen LogP contribution is 2.31. The molecule has 1 aliphatic rings. The maximum Gasteiger partial charge on any atom is 0.328 e. The van der Waals surface area contributed by atoms with E-state index in [-0.39, 0.29) is 17.9 Å². The predicted molar refractivity (Wildman–Crippen MR) is 87.4 cm³/mol. The van der Waals surface area contributed by atoms with Crippen molar-refractivity contribution in [3.8, 4) is 11.5 Å². The summed E-state index contributed by atoms with van der Waals surface area (Å²) in [5, 5.41) is 10.6. The molecule has 1 aromatic carbocycles. The molecule has 0 aliphatic carbocycles. The Hall–Kier alpha value is -2.40. The monoisotopic (exact) mass is 390 g/mol. The molecule has 2 rings (SSSR count). The number of aliphatic carboxylic acids is 1. The average Bonchev–Trinajstić information content (AvgIpc) is 2.83. The summed E-state index contributed by atoms with van der Waals surface area (Å²) in [6, 6.07) is 2.51. The molecule has 1 aromatic rings. The lowest BCUT2D eigenvalue weighted by Gasteiger charge is -2.12. The van der Waals surface area contributed by atoms with Crippen molar-refractivity contribution < 1.29 is 37.0 Å². The number of carbonyl (C=O) groups is 2. The third kappa shape index (κ3) is 5.30. The van der Waals surface area contributed by atoms with Crippen LogP contribution in [0.5, 0.6) is 11.5 Å². The van der Waals surface area contributed by atoms with E-state index in [1.807, 2.05) is 5.32 Å². The second-order valence-corrected chi connectivity index (χ2v) is 7.19. The highest BCUT2D eigenvalue weighted by atomic mass is 32.2. The molecule has 0 fully saturated rings. The summed E-state index contributed by atoms with van der Waals surface area (Å²) in [5.41, 5.74) is 0. The van der Waals surface area contributed by atoms with Crippen molar-refractivity contribution >= 4 is 21.9 Å². The van der Waals surface area contributed by atoms with Crippen molar-refractivity contribution in [1.82, 2.24) is 10.0 Å². The summed E-state index contributed by atoms with van der Waals surface area (Å²) >= 11 is 0. The average molecular weight is 390 g/mol. The van der Waals surface area contributed by atoms with Gasteiger partial charge in [-0.1, -0.05) is 0 Å². The molecule has 1 atom stereocenters. The van der Waals surface area contributed by atoms with E-state index in [2.05, 4.69) is 4.72 Å². The predicted octanol–water partition coefficient (Wildman–Crippen LogP) is 0.0552. The smallest absolute Gasteiger partial charge is 0.328 e. The van der Waals surface area contributed by atoms with Gasteiger partial charge in [-0.3, -0.25) is 4.79 Å². The minimum atomic E-state index is -3.91. The lowest BCUT2D eigenvalue weighted by Crippen LogP contribution is -2.43. The number of rotatable bonds is 8. The molecule has 0 bridgehead atoms. The Kier molecular flexibility index (Phi) is 6.75. The van der Waals surface area contributed by atoms with Gasteiger partial charge >= 0.3 is 5.97 Å². The molecule has 9 nitrogen and oxygen atoms in total. The van der Waals surface area contributed by atoms with Gasteiger partial charge in [0.2, 0.25) is 15.9 Å². The number of carboxylic acid groups (broad SMARTS) is 1. The zero-order valence-corrected chi connectivity index (χ0v) is 14.6. The summed E-state index contributed by atoms with van der Waals surface area (Å²) in [5.74, 6) is -1.52. The zero-order valence-electron chi connectivity index (χ0n) is 13.7. The number of alkyl halides is 1. The standard InChI is InChI=1S/C15H19FN2O7S/c16-9-11(15(20)21)18-14(19)4-5-17-26(22,23)10-2-3-12-13(8-10)25-7-1-6-24-12/h2-3,8,11,17H,1,4-7,9H2,(H,18,19)(H,20,21). The fourth-order valence-corrected chi connectivity index (χ4v) is 3.17. The van der Waals surface area contributed by atoms with Gasteiger partial charge < -0.3 is 19.9 Å². The van der Waals surface area contributed by atoms with Crippen LogP contribution in [0.2, 0.25) is 0 Å². The number of hydrogen-bond acceptors (Lipinski definition) is 6. The van der Waals surface area contributed by atoms with Crippen molar-refractivity contribution in [2.75, 3.05) is 26.4 Å². The Balaban J connectivity index is 1.93. The number of hydrogen-bond donors (Lipinski definition) is 3. The highest BCUT2D eigenvalue weighted by Gasteiger charge is 2.21. The summed E-state index contributed by atoms with van der Waals surface area (Å²) in [7, 11) is -3.91. The van der Waals surface area contributed by atoms with Crippen molar-refractivity contribution in [2.24, 2.45) is 0 Å².